The van der Waals surface area contributed by atoms with Gasteiger partial charge in [-0.2, -0.15) is 0 Å². The summed E-state index contributed by atoms with van der Waals surface area (Å²) in [6, 6.07) is 13.3. The summed E-state index contributed by atoms with van der Waals surface area (Å²) in [6.45, 7) is 6.37. The minimum absolute atomic E-state index is 0.154. The number of nitrogens with one attached hydrogen (secondary N) is 1. The van der Waals surface area contributed by atoms with Crippen molar-refractivity contribution in [3.05, 3.63) is 71.0 Å². The molecule has 122 valence electrons. The minimum atomic E-state index is -0.286. The second kappa shape index (κ2) is 7.88. The molecule has 0 bridgehead atoms. The molecule has 1 N–H and O–H groups in total. The Bertz CT molecular complexity index is 635. The number of carbonyl (C=O) groups is 1. The highest BCUT2D eigenvalue weighted by molar-refractivity contribution is 5.94. The maximum absolute atomic E-state index is 12.9. The first kappa shape index (κ1) is 17.2. The number of carbonyl (C=O) groups excluding carboxylic acids is 1. The normalized spacial score (nSPS) is 12.2. The molecular formula is C19H22FNO2. The van der Waals surface area contributed by atoms with E-state index in [0.717, 1.165) is 11.1 Å². The zero-order chi connectivity index (χ0) is 16.8. The molecule has 0 radical (unpaired) electrons. The highest BCUT2D eigenvalue weighted by Gasteiger charge is 2.11. The summed E-state index contributed by atoms with van der Waals surface area (Å²) in [6.07, 6.45) is 0.175. The topological polar surface area (TPSA) is 38.3 Å². The van der Waals surface area contributed by atoms with Gasteiger partial charge < -0.3 is 10.1 Å². The molecule has 23 heavy (non-hydrogen) atoms. The van der Waals surface area contributed by atoms with E-state index in [0.29, 0.717) is 12.2 Å². The Kier molecular flexibility index (Phi) is 5.88. The molecular weight excluding hydrogens is 293 g/mol. The molecule has 1 amide bonds. The number of benzene rings is 2. The third kappa shape index (κ3) is 5.18. The van der Waals surface area contributed by atoms with Gasteiger partial charge >= 0.3 is 0 Å². The molecule has 0 heterocycles. The van der Waals surface area contributed by atoms with Crippen molar-refractivity contribution in [2.45, 2.75) is 39.5 Å². The van der Waals surface area contributed by atoms with Gasteiger partial charge in [0.15, 0.2) is 0 Å². The number of hydrogen-bond acceptors (Lipinski definition) is 2. The lowest BCUT2D eigenvalue weighted by atomic mass is 10.1. The third-order valence-electron chi connectivity index (χ3n) is 3.52. The maximum Gasteiger partial charge on any atom is 0.251 e. The van der Waals surface area contributed by atoms with E-state index in [1.54, 1.807) is 24.3 Å². The summed E-state index contributed by atoms with van der Waals surface area (Å²) in [4.78, 5) is 12.3. The SMILES string of the molecule is CC(C)OCc1ccc(C(=O)N[C@@H](C)c2ccc(F)cc2)cc1. The van der Waals surface area contributed by atoms with Crippen molar-refractivity contribution >= 4 is 5.91 Å². The molecule has 0 spiro atoms. The first-order valence-corrected chi connectivity index (χ1v) is 7.72. The molecule has 2 rings (SSSR count). The number of hydrogen-bond donors (Lipinski definition) is 1. The Morgan fingerprint density at radius 3 is 2.22 bits per heavy atom. The van der Waals surface area contributed by atoms with Crippen LogP contribution in [-0.4, -0.2) is 12.0 Å². The monoisotopic (exact) mass is 315 g/mol. The van der Waals surface area contributed by atoms with Crippen molar-refractivity contribution in [3.63, 3.8) is 0 Å². The van der Waals surface area contributed by atoms with E-state index in [4.69, 9.17) is 4.74 Å². The smallest absolute Gasteiger partial charge is 0.251 e. The largest absolute Gasteiger partial charge is 0.374 e. The van der Waals surface area contributed by atoms with Crippen LogP contribution in [0.1, 0.15) is 48.3 Å². The van der Waals surface area contributed by atoms with Crippen LogP contribution in [0.15, 0.2) is 48.5 Å². The van der Waals surface area contributed by atoms with Gasteiger partial charge in [-0.05, 0) is 56.2 Å². The van der Waals surface area contributed by atoms with Crippen molar-refractivity contribution in [1.29, 1.82) is 0 Å². The predicted octanol–water partition coefficient (Wildman–Crippen LogP) is 4.24. The standard InChI is InChI=1S/C19H22FNO2/c1-13(2)23-12-15-4-6-17(7-5-15)19(22)21-14(3)16-8-10-18(20)11-9-16/h4-11,13-14H,12H2,1-3H3,(H,21,22)/t14-/m0/s1. The van der Waals surface area contributed by atoms with Gasteiger partial charge in [-0.25, -0.2) is 4.39 Å². The highest BCUT2D eigenvalue weighted by Crippen LogP contribution is 2.14. The van der Waals surface area contributed by atoms with Gasteiger partial charge in [-0.3, -0.25) is 4.79 Å². The molecule has 0 saturated heterocycles. The number of ether oxygens (including phenoxy) is 1. The van der Waals surface area contributed by atoms with Gasteiger partial charge in [-0.15, -0.1) is 0 Å². The molecule has 0 fully saturated rings. The molecule has 0 aromatic heterocycles. The van der Waals surface area contributed by atoms with E-state index >= 15 is 0 Å². The fraction of sp³-hybridized carbons (Fsp3) is 0.316. The van der Waals surface area contributed by atoms with Gasteiger partial charge in [0.25, 0.3) is 5.91 Å². The molecule has 0 unspecified atom stereocenters. The van der Waals surface area contributed by atoms with Crippen LogP contribution in [0.25, 0.3) is 0 Å². The van der Waals surface area contributed by atoms with Crippen LogP contribution in [0.2, 0.25) is 0 Å². The second-order valence-electron chi connectivity index (χ2n) is 5.80. The fourth-order valence-corrected chi connectivity index (χ4v) is 2.13. The summed E-state index contributed by atoms with van der Waals surface area (Å²) in [7, 11) is 0. The van der Waals surface area contributed by atoms with Crippen molar-refractivity contribution in [2.75, 3.05) is 0 Å². The molecule has 2 aromatic carbocycles. The van der Waals surface area contributed by atoms with E-state index in [1.165, 1.54) is 12.1 Å². The van der Waals surface area contributed by atoms with Gasteiger partial charge in [0.2, 0.25) is 0 Å². The predicted molar refractivity (Wildman–Crippen MR) is 88.6 cm³/mol. The summed E-state index contributed by atoms with van der Waals surface area (Å²) in [5.41, 5.74) is 2.48. The first-order valence-electron chi connectivity index (χ1n) is 7.72. The van der Waals surface area contributed by atoms with E-state index < -0.39 is 0 Å². The minimum Gasteiger partial charge on any atom is -0.374 e. The Morgan fingerprint density at radius 2 is 1.65 bits per heavy atom. The van der Waals surface area contributed by atoms with Crippen LogP contribution in [0.5, 0.6) is 0 Å². The maximum atomic E-state index is 12.9. The van der Waals surface area contributed by atoms with Crippen molar-refractivity contribution < 1.29 is 13.9 Å². The average molecular weight is 315 g/mol. The van der Waals surface area contributed by atoms with E-state index in [-0.39, 0.29) is 23.9 Å². The van der Waals surface area contributed by atoms with E-state index in [2.05, 4.69) is 5.32 Å². The fourth-order valence-electron chi connectivity index (χ4n) is 2.13. The first-order chi connectivity index (χ1) is 11.0. The lowest BCUT2D eigenvalue weighted by molar-refractivity contribution is 0.0656. The van der Waals surface area contributed by atoms with Crippen LogP contribution in [0.4, 0.5) is 4.39 Å². The quantitative estimate of drug-likeness (QED) is 0.866. The lowest BCUT2D eigenvalue weighted by Gasteiger charge is -2.14. The van der Waals surface area contributed by atoms with Gasteiger partial charge in [-0.1, -0.05) is 24.3 Å². The zero-order valence-electron chi connectivity index (χ0n) is 13.7. The Balaban J connectivity index is 1.96. The molecule has 2 aromatic rings. The van der Waals surface area contributed by atoms with Crippen LogP contribution in [0, 0.1) is 5.82 Å². The molecule has 0 aliphatic rings. The molecule has 4 heteroatoms. The van der Waals surface area contributed by atoms with E-state index in [9.17, 15) is 9.18 Å². The van der Waals surface area contributed by atoms with Gasteiger partial charge in [0, 0.05) is 5.56 Å². The molecule has 0 saturated carbocycles. The number of rotatable bonds is 6. The van der Waals surface area contributed by atoms with Crippen LogP contribution >= 0.6 is 0 Å². The highest BCUT2D eigenvalue weighted by atomic mass is 19.1. The molecule has 0 aliphatic heterocycles. The third-order valence-corrected chi connectivity index (χ3v) is 3.52. The Hall–Kier alpha value is -2.20. The van der Waals surface area contributed by atoms with Crippen molar-refractivity contribution in [3.8, 4) is 0 Å². The van der Waals surface area contributed by atoms with Crippen LogP contribution < -0.4 is 5.32 Å². The molecule has 1 atom stereocenters. The number of halogens is 1. The van der Waals surface area contributed by atoms with Crippen LogP contribution in [0.3, 0.4) is 0 Å². The molecule has 3 nitrogen and oxygen atoms in total. The number of amides is 1. The second-order valence-corrected chi connectivity index (χ2v) is 5.80. The van der Waals surface area contributed by atoms with Gasteiger partial charge in [0.1, 0.15) is 5.82 Å². The lowest BCUT2D eigenvalue weighted by Crippen LogP contribution is -2.26. The van der Waals surface area contributed by atoms with Crippen molar-refractivity contribution in [2.24, 2.45) is 0 Å². The summed E-state index contributed by atoms with van der Waals surface area (Å²) in [5, 5.41) is 2.91. The summed E-state index contributed by atoms with van der Waals surface area (Å²) in [5.74, 6) is -0.440. The summed E-state index contributed by atoms with van der Waals surface area (Å²) < 4.78 is 18.5. The zero-order valence-corrected chi connectivity index (χ0v) is 13.7. The Labute approximate surface area is 136 Å². The molecule has 0 aliphatic carbocycles. The van der Waals surface area contributed by atoms with Crippen molar-refractivity contribution in [1.82, 2.24) is 5.32 Å². The van der Waals surface area contributed by atoms with Crippen LogP contribution in [-0.2, 0) is 11.3 Å². The van der Waals surface area contributed by atoms with Gasteiger partial charge in [0.05, 0.1) is 18.8 Å². The average Bonchev–Trinajstić information content (AvgIpc) is 2.54. The Morgan fingerprint density at radius 1 is 1.04 bits per heavy atom. The summed E-state index contributed by atoms with van der Waals surface area (Å²) >= 11 is 0. The van der Waals surface area contributed by atoms with E-state index in [1.807, 2.05) is 32.9 Å².